The second-order valence-corrected chi connectivity index (χ2v) is 6.02. The highest BCUT2D eigenvalue weighted by molar-refractivity contribution is 7.19. The van der Waals surface area contributed by atoms with E-state index in [2.05, 4.69) is 0 Å². The molecule has 2 heterocycles. The zero-order chi connectivity index (χ0) is 15.2. The smallest absolute Gasteiger partial charge is 0.339 e. The number of aromatic nitrogens is 2. The van der Waals surface area contributed by atoms with E-state index in [0.29, 0.717) is 9.71 Å². The molecule has 2 rings (SSSR count). The number of esters is 1. The van der Waals surface area contributed by atoms with E-state index in [9.17, 15) is 14.4 Å². The molecular formula is C13H16N2O4S. The number of rotatable bonds is 2. The van der Waals surface area contributed by atoms with Crippen LogP contribution in [0.4, 0.5) is 0 Å². The normalized spacial score (nSPS) is 11.3. The molecule has 0 saturated carbocycles. The van der Waals surface area contributed by atoms with Crippen molar-refractivity contribution < 1.29 is 9.53 Å². The lowest BCUT2D eigenvalue weighted by atomic mass is 10.2. The van der Waals surface area contributed by atoms with E-state index in [1.807, 2.05) is 13.8 Å². The molecule has 20 heavy (non-hydrogen) atoms. The summed E-state index contributed by atoms with van der Waals surface area (Å²) in [5.74, 6) is -0.556. The molecule has 0 saturated heterocycles. The molecule has 0 aliphatic carbocycles. The fourth-order valence-corrected chi connectivity index (χ4v) is 3.46. The standard InChI is InChI=1S/C13H16N2O4S/c1-6(2)15-11-9(10(16)14(4)13(15)18)8(7(3)20-11)12(17)19-5/h6H,1-5H3. The third-order valence-electron chi connectivity index (χ3n) is 3.20. The Hall–Kier alpha value is -1.89. The Bertz CT molecular complexity index is 810. The number of hydrogen-bond donors (Lipinski definition) is 0. The van der Waals surface area contributed by atoms with Crippen LogP contribution in [-0.4, -0.2) is 22.2 Å². The van der Waals surface area contributed by atoms with Crippen molar-refractivity contribution in [2.24, 2.45) is 7.05 Å². The number of fused-ring (bicyclic) bond motifs is 1. The van der Waals surface area contributed by atoms with Crippen molar-refractivity contribution >= 4 is 27.5 Å². The maximum absolute atomic E-state index is 12.3. The van der Waals surface area contributed by atoms with Crippen molar-refractivity contribution in [1.29, 1.82) is 0 Å². The van der Waals surface area contributed by atoms with Crippen LogP contribution in [0, 0.1) is 6.92 Å². The predicted octanol–water partition coefficient (Wildman–Crippen LogP) is 1.44. The van der Waals surface area contributed by atoms with E-state index in [0.717, 1.165) is 4.57 Å². The van der Waals surface area contributed by atoms with Gasteiger partial charge < -0.3 is 4.74 Å². The molecule has 0 N–H and O–H groups in total. The molecule has 0 amide bonds. The van der Waals surface area contributed by atoms with Gasteiger partial charge >= 0.3 is 11.7 Å². The highest BCUT2D eigenvalue weighted by Crippen LogP contribution is 2.29. The van der Waals surface area contributed by atoms with Gasteiger partial charge in [-0.2, -0.15) is 0 Å². The molecule has 2 aromatic rings. The van der Waals surface area contributed by atoms with Crippen molar-refractivity contribution in [3.63, 3.8) is 0 Å². The van der Waals surface area contributed by atoms with Crippen LogP contribution < -0.4 is 11.2 Å². The van der Waals surface area contributed by atoms with Crippen LogP contribution in [0.15, 0.2) is 9.59 Å². The predicted molar refractivity (Wildman–Crippen MR) is 77.8 cm³/mol. The fourth-order valence-electron chi connectivity index (χ4n) is 2.20. The Morgan fingerprint density at radius 3 is 2.40 bits per heavy atom. The van der Waals surface area contributed by atoms with Crippen molar-refractivity contribution in [3.05, 3.63) is 31.3 Å². The summed E-state index contributed by atoms with van der Waals surface area (Å²) in [5.41, 5.74) is -0.593. The van der Waals surface area contributed by atoms with Crippen LogP contribution in [0.2, 0.25) is 0 Å². The van der Waals surface area contributed by atoms with Gasteiger partial charge in [0.25, 0.3) is 5.56 Å². The van der Waals surface area contributed by atoms with Gasteiger partial charge in [0.2, 0.25) is 0 Å². The molecule has 0 bridgehead atoms. The average Bonchev–Trinajstić information content (AvgIpc) is 2.72. The maximum atomic E-state index is 12.3. The van der Waals surface area contributed by atoms with Crippen LogP contribution in [0.5, 0.6) is 0 Å². The number of thiophene rings is 1. The highest BCUT2D eigenvalue weighted by atomic mass is 32.1. The van der Waals surface area contributed by atoms with Gasteiger partial charge in [-0.1, -0.05) is 0 Å². The van der Waals surface area contributed by atoms with E-state index in [1.165, 1.54) is 30.1 Å². The summed E-state index contributed by atoms with van der Waals surface area (Å²) in [5, 5.41) is 0.259. The molecule has 0 unspecified atom stereocenters. The topological polar surface area (TPSA) is 70.3 Å². The summed E-state index contributed by atoms with van der Waals surface area (Å²) in [6.07, 6.45) is 0. The van der Waals surface area contributed by atoms with Crippen LogP contribution in [0.3, 0.4) is 0 Å². The van der Waals surface area contributed by atoms with Gasteiger partial charge in [0.05, 0.1) is 18.1 Å². The number of aryl methyl sites for hydroxylation is 1. The third kappa shape index (κ3) is 1.89. The lowest BCUT2D eigenvalue weighted by Gasteiger charge is -2.12. The second-order valence-electron chi connectivity index (χ2n) is 4.82. The molecule has 0 spiro atoms. The highest BCUT2D eigenvalue weighted by Gasteiger charge is 2.24. The van der Waals surface area contributed by atoms with Gasteiger partial charge in [0.15, 0.2) is 0 Å². The number of carbonyl (C=O) groups excluding carboxylic acids is 1. The lowest BCUT2D eigenvalue weighted by molar-refractivity contribution is 0.0602. The Balaban J connectivity index is 3.10. The second kappa shape index (κ2) is 4.90. The molecule has 0 fully saturated rings. The quantitative estimate of drug-likeness (QED) is 0.786. The van der Waals surface area contributed by atoms with E-state index in [-0.39, 0.29) is 22.7 Å². The Labute approximate surface area is 119 Å². The van der Waals surface area contributed by atoms with Gasteiger partial charge in [0, 0.05) is 18.0 Å². The van der Waals surface area contributed by atoms with E-state index in [4.69, 9.17) is 4.74 Å². The van der Waals surface area contributed by atoms with Gasteiger partial charge in [-0.05, 0) is 20.8 Å². The van der Waals surface area contributed by atoms with E-state index >= 15 is 0 Å². The molecule has 7 heteroatoms. The first-order valence-corrected chi connectivity index (χ1v) is 6.95. The summed E-state index contributed by atoms with van der Waals surface area (Å²) in [6, 6.07) is -0.111. The first-order chi connectivity index (χ1) is 9.31. The van der Waals surface area contributed by atoms with Gasteiger partial charge in [-0.3, -0.25) is 13.9 Å². The molecule has 0 aliphatic rings. The Morgan fingerprint density at radius 1 is 1.30 bits per heavy atom. The number of ether oxygens (including phenoxy) is 1. The van der Waals surface area contributed by atoms with Gasteiger partial charge in [-0.25, -0.2) is 9.59 Å². The largest absolute Gasteiger partial charge is 0.465 e. The van der Waals surface area contributed by atoms with Gasteiger partial charge in [-0.15, -0.1) is 11.3 Å². The van der Waals surface area contributed by atoms with Crippen LogP contribution in [0.25, 0.3) is 10.2 Å². The molecule has 6 nitrogen and oxygen atoms in total. The summed E-state index contributed by atoms with van der Waals surface area (Å²) in [4.78, 5) is 37.6. The summed E-state index contributed by atoms with van der Waals surface area (Å²) < 4.78 is 7.30. The Kier molecular flexibility index (Phi) is 3.56. The summed E-state index contributed by atoms with van der Waals surface area (Å²) >= 11 is 1.26. The Morgan fingerprint density at radius 2 is 1.90 bits per heavy atom. The fraction of sp³-hybridized carbons (Fsp3) is 0.462. The molecule has 108 valence electrons. The number of methoxy groups -OCH3 is 1. The van der Waals surface area contributed by atoms with Crippen LogP contribution in [0.1, 0.15) is 35.1 Å². The van der Waals surface area contributed by atoms with Crippen molar-refractivity contribution in [1.82, 2.24) is 9.13 Å². The molecule has 0 aliphatic heterocycles. The minimum Gasteiger partial charge on any atom is -0.465 e. The van der Waals surface area contributed by atoms with Gasteiger partial charge in [0.1, 0.15) is 4.83 Å². The molecule has 0 radical (unpaired) electrons. The first kappa shape index (κ1) is 14.5. The maximum Gasteiger partial charge on any atom is 0.339 e. The first-order valence-electron chi connectivity index (χ1n) is 6.14. The van der Waals surface area contributed by atoms with E-state index in [1.54, 1.807) is 6.92 Å². The van der Waals surface area contributed by atoms with Crippen LogP contribution in [-0.2, 0) is 11.8 Å². The average molecular weight is 296 g/mol. The number of hydrogen-bond acceptors (Lipinski definition) is 5. The minimum atomic E-state index is -0.556. The number of carbonyl (C=O) groups is 1. The molecule has 0 atom stereocenters. The molecular weight excluding hydrogens is 280 g/mol. The summed E-state index contributed by atoms with van der Waals surface area (Å²) in [6.45, 7) is 5.46. The van der Waals surface area contributed by atoms with Crippen molar-refractivity contribution in [3.8, 4) is 0 Å². The number of nitrogens with zero attached hydrogens (tertiary/aromatic N) is 2. The van der Waals surface area contributed by atoms with Crippen LogP contribution >= 0.6 is 11.3 Å². The zero-order valence-corrected chi connectivity index (χ0v) is 12.8. The zero-order valence-electron chi connectivity index (χ0n) is 12.0. The SMILES string of the molecule is COC(=O)c1c(C)sc2c1c(=O)n(C)c(=O)n2C(C)C. The molecule has 2 aromatic heterocycles. The van der Waals surface area contributed by atoms with E-state index < -0.39 is 11.5 Å². The lowest BCUT2D eigenvalue weighted by Crippen LogP contribution is -2.38. The van der Waals surface area contributed by atoms with Crippen molar-refractivity contribution in [2.45, 2.75) is 26.8 Å². The summed E-state index contributed by atoms with van der Waals surface area (Å²) in [7, 11) is 2.69. The monoisotopic (exact) mass is 296 g/mol. The van der Waals surface area contributed by atoms with Crippen molar-refractivity contribution in [2.75, 3.05) is 7.11 Å². The molecule has 0 aromatic carbocycles. The minimum absolute atomic E-state index is 0.111. The third-order valence-corrected chi connectivity index (χ3v) is 4.31.